The first-order valence-electron chi connectivity index (χ1n) is 10.3. The van der Waals surface area contributed by atoms with Crippen molar-refractivity contribution < 1.29 is 17.9 Å². The topological polar surface area (TPSA) is 84.7 Å². The Labute approximate surface area is 167 Å². The Morgan fingerprint density at radius 2 is 1.96 bits per heavy atom. The molecule has 2 aliphatic rings. The van der Waals surface area contributed by atoms with Crippen LogP contribution in [0.15, 0.2) is 12.4 Å². The molecule has 2 aliphatic heterocycles. The maximum Gasteiger partial charge on any atom is 0.253 e. The van der Waals surface area contributed by atoms with Gasteiger partial charge >= 0.3 is 0 Å². The summed E-state index contributed by atoms with van der Waals surface area (Å²) in [5, 5.41) is 0. The molecule has 9 heteroatoms. The third kappa shape index (κ3) is 3.97. The smallest absolute Gasteiger partial charge is 0.253 e. The molecule has 0 radical (unpaired) electrons. The van der Waals surface area contributed by atoms with Crippen LogP contribution in [0.4, 0.5) is 0 Å². The molecule has 0 aliphatic carbocycles. The van der Waals surface area contributed by atoms with Crippen LogP contribution in [-0.2, 0) is 31.7 Å². The normalized spacial score (nSPS) is 22.2. The molecule has 3 rings (SSSR count). The number of nitrogens with zero attached hydrogens (tertiary/aromatic N) is 4. The first kappa shape index (κ1) is 21.3. The number of amides is 1. The van der Waals surface area contributed by atoms with Crippen LogP contribution in [0.25, 0.3) is 0 Å². The van der Waals surface area contributed by atoms with E-state index >= 15 is 0 Å². The molecule has 1 aromatic rings. The van der Waals surface area contributed by atoms with Crippen molar-refractivity contribution in [2.45, 2.75) is 64.7 Å². The van der Waals surface area contributed by atoms with Gasteiger partial charge in [0.1, 0.15) is 11.4 Å². The SMILES string of the molecule is CCCCS(=O)(=O)N1CCC2(CC1)O[C@H](C(=O)N(CC)CC)Cn1ccnc12. The molecule has 28 heavy (non-hydrogen) atoms. The molecule has 1 spiro atoms. The number of rotatable bonds is 7. The van der Waals surface area contributed by atoms with Crippen LogP contribution in [0.3, 0.4) is 0 Å². The second kappa shape index (κ2) is 8.51. The predicted octanol–water partition coefficient (Wildman–Crippen LogP) is 1.57. The number of fused-ring (bicyclic) bond motifs is 2. The summed E-state index contributed by atoms with van der Waals surface area (Å²) in [5.41, 5.74) is -0.702. The van der Waals surface area contributed by atoms with Crippen molar-refractivity contribution in [3.05, 3.63) is 18.2 Å². The Kier molecular flexibility index (Phi) is 6.46. The van der Waals surface area contributed by atoms with Crippen molar-refractivity contribution in [1.82, 2.24) is 18.8 Å². The summed E-state index contributed by atoms with van der Waals surface area (Å²) < 4.78 is 35.1. The van der Waals surface area contributed by atoms with Gasteiger partial charge in [0.25, 0.3) is 5.91 Å². The largest absolute Gasteiger partial charge is 0.352 e. The lowest BCUT2D eigenvalue weighted by molar-refractivity contribution is -0.178. The van der Waals surface area contributed by atoms with Gasteiger partial charge in [-0.25, -0.2) is 17.7 Å². The molecule has 3 heterocycles. The van der Waals surface area contributed by atoms with Crippen LogP contribution in [0.5, 0.6) is 0 Å². The van der Waals surface area contributed by atoms with Crippen LogP contribution < -0.4 is 0 Å². The molecule has 1 fully saturated rings. The third-order valence-corrected chi connectivity index (χ3v) is 7.84. The van der Waals surface area contributed by atoms with E-state index in [0.29, 0.717) is 52.0 Å². The second-order valence-electron chi connectivity index (χ2n) is 7.58. The number of sulfonamides is 1. The maximum absolute atomic E-state index is 12.9. The van der Waals surface area contributed by atoms with E-state index in [1.165, 1.54) is 0 Å². The van der Waals surface area contributed by atoms with Gasteiger partial charge in [-0.2, -0.15) is 0 Å². The Balaban J connectivity index is 1.79. The van der Waals surface area contributed by atoms with E-state index < -0.39 is 21.7 Å². The van der Waals surface area contributed by atoms with Gasteiger partial charge < -0.3 is 14.2 Å². The van der Waals surface area contributed by atoms with Crippen molar-refractivity contribution in [2.24, 2.45) is 0 Å². The Morgan fingerprint density at radius 1 is 1.29 bits per heavy atom. The molecule has 1 saturated heterocycles. The van der Waals surface area contributed by atoms with Crippen LogP contribution >= 0.6 is 0 Å². The monoisotopic (exact) mass is 412 g/mol. The molecule has 0 unspecified atom stereocenters. The molecule has 0 bridgehead atoms. The highest BCUT2D eigenvalue weighted by Gasteiger charge is 2.48. The van der Waals surface area contributed by atoms with Crippen LogP contribution in [0, 0.1) is 0 Å². The number of ether oxygens (including phenoxy) is 1. The number of piperidine rings is 1. The molecular formula is C19H32N4O4S. The van der Waals surface area contributed by atoms with Gasteiger partial charge in [0.15, 0.2) is 6.10 Å². The van der Waals surface area contributed by atoms with Gasteiger partial charge in [-0.15, -0.1) is 0 Å². The summed E-state index contributed by atoms with van der Waals surface area (Å²) in [6.45, 7) is 8.43. The molecule has 1 aromatic heterocycles. The Bertz CT molecular complexity index is 780. The fraction of sp³-hybridized carbons (Fsp3) is 0.789. The van der Waals surface area contributed by atoms with Gasteiger partial charge in [0.05, 0.1) is 12.3 Å². The highest BCUT2D eigenvalue weighted by Crippen LogP contribution is 2.41. The summed E-state index contributed by atoms with van der Waals surface area (Å²) in [5.74, 6) is 0.984. The number of unbranched alkanes of at least 4 members (excludes halogenated alkanes) is 1. The minimum Gasteiger partial charge on any atom is -0.352 e. The molecule has 0 saturated carbocycles. The zero-order valence-electron chi connectivity index (χ0n) is 17.1. The summed E-state index contributed by atoms with van der Waals surface area (Å²) in [6, 6.07) is 0. The van der Waals surface area contributed by atoms with Crippen molar-refractivity contribution in [1.29, 1.82) is 0 Å². The summed E-state index contributed by atoms with van der Waals surface area (Å²) in [6.07, 6.45) is 5.60. The number of likely N-dealkylation sites (N-methyl/N-ethyl adjacent to an activating group) is 1. The average Bonchev–Trinajstić information content (AvgIpc) is 3.17. The Morgan fingerprint density at radius 3 is 2.57 bits per heavy atom. The standard InChI is InChI=1S/C19H32N4O4S/c1-4-7-14-28(25,26)23-11-8-19(9-12-23)18-20-10-13-22(18)15-16(27-19)17(24)21(5-2)6-3/h10,13,16H,4-9,11-12,14-15H2,1-3H3/t16-/m0/s1. The molecule has 0 aromatic carbocycles. The number of aromatic nitrogens is 2. The lowest BCUT2D eigenvalue weighted by atomic mass is 9.89. The van der Waals surface area contributed by atoms with E-state index in [1.807, 2.05) is 31.5 Å². The first-order chi connectivity index (χ1) is 13.4. The highest BCUT2D eigenvalue weighted by atomic mass is 32.2. The minimum atomic E-state index is -3.24. The van der Waals surface area contributed by atoms with E-state index in [1.54, 1.807) is 15.4 Å². The van der Waals surface area contributed by atoms with Crippen molar-refractivity contribution in [2.75, 3.05) is 31.9 Å². The van der Waals surface area contributed by atoms with Crippen LogP contribution in [0.1, 0.15) is 52.3 Å². The van der Waals surface area contributed by atoms with Gasteiger partial charge in [-0.3, -0.25) is 4.79 Å². The van der Waals surface area contributed by atoms with Crippen molar-refractivity contribution in [3.63, 3.8) is 0 Å². The van der Waals surface area contributed by atoms with Gasteiger partial charge in [0.2, 0.25) is 10.0 Å². The quantitative estimate of drug-likeness (QED) is 0.679. The molecule has 0 N–H and O–H groups in total. The van der Waals surface area contributed by atoms with E-state index in [-0.39, 0.29) is 11.7 Å². The van der Waals surface area contributed by atoms with Gasteiger partial charge in [-0.05, 0) is 33.1 Å². The molecular weight excluding hydrogens is 380 g/mol. The van der Waals surface area contributed by atoms with E-state index in [4.69, 9.17) is 4.74 Å². The number of imidazole rings is 1. The molecule has 1 atom stereocenters. The van der Waals surface area contributed by atoms with Crippen molar-refractivity contribution in [3.8, 4) is 0 Å². The van der Waals surface area contributed by atoms with Gasteiger partial charge in [-0.1, -0.05) is 13.3 Å². The number of hydrogen-bond donors (Lipinski definition) is 0. The lowest BCUT2D eigenvalue weighted by Gasteiger charge is -2.45. The van der Waals surface area contributed by atoms with E-state index in [0.717, 1.165) is 12.2 Å². The number of carbonyl (C=O) groups excluding carboxylic acids is 1. The minimum absolute atomic E-state index is 0.0123. The second-order valence-corrected chi connectivity index (χ2v) is 9.67. The molecule has 8 nitrogen and oxygen atoms in total. The Hall–Kier alpha value is -1.45. The number of hydrogen-bond acceptors (Lipinski definition) is 5. The fourth-order valence-electron chi connectivity index (χ4n) is 4.19. The summed E-state index contributed by atoms with van der Waals surface area (Å²) in [4.78, 5) is 19.2. The van der Waals surface area contributed by atoms with E-state index in [9.17, 15) is 13.2 Å². The number of carbonyl (C=O) groups is 1. The van der Waals surface area contributed by atoms with Crippen molar-refractivity contribution >= 4 is 15.9 Å². The predicted molar refractivity (Wildman–Crippen MR) is 106 cm³/mol. The maximum atomic E-state index is 12.9. The van der Waals surface area contributed by atoms with Gasteiger partial charge in [0, 0.05) is 38.6 Å². The molecule has 1 amide bonds. The first-order valence-corrected chi connectivity index (χ1v) is 11.9. The summed E-state index contributed by atoms with van der Waals surface area (Å²) >= 11 is 0. The zero-order chi connectivity index (χ0) is 20.4. The molecule has 158 valence electrons. The zero-order valence-corrected chi connectivity index (χ0v) is 17.9. The lowest BCUT2D eigenvalue weighted by Crippen LogP contribution is -2.55. The fourth-order valence-corrected chi connectivity index (χ4v) is 5.84. The average molecular weight is 413 g/mol. The van der Waals surface area contributed by atoms with Crippen LogP contribution in [-0.4, -0.2) is 71.1 Å². The van der Waals surface area contributed by atoms with E-state index in [2.05, 4.69) is 4.98 Å². The van der Waals surface area contributed by atoms with Crippen LogP contribution in [0.2, 0.25) is 0 Å². The summed E-state index contributed by atoms with van der Waals surface area (Å²) in [7, 11) is -3.24. The third-order valence-electron chi connectivity index (χ3n) is 5.88. The highest BCUT2D eigenvalue weighted by molar-refractivity contribution is 7.89.